The van der Waals surface area contributed by atoms with Gasteiger partial charge in [-0.1, -0.05) is 24.3 Å². The monoisotopic (exact) mass is 303 g/mol. The van der Waals surface area contributed by atoms with Crippen molar-refractivity contribution in [1.29, 1.82) is 0 Å². The standard InChI is InChI=1S/C18H25NO3/c1-18(2,3)22-17(21)19-10-6-9-15(19)14-11-12-7-4-5-8-13(12)16(14)20/h4-5,7-8,14-16,20H,6,9-11H2,1-3H3. The van der Waals surface area contributed by atoms with Crippen molar-refractivity contribution < 1.29 is 14.6 Å². The Kier molecular flexibility index (Phi) is 3.89. The summed E-state index contributed by atoms with van der Waals surface area (Å²) in [5.74, 6) is 0.0763. The number of carbonyl (C=O) groups is 1. The molecule has 1 aliphatic carbocycles. The molecule has 1 amide bonds. The molecule has 1 heterocycles. The van der Waals surface area contributed by atoms with E-state index in [1.165, 1.54) is 5.56 Å². The van der Waals surface area contributed by atoms with Gasteiger partial charge < -0.3 is 14.7 Å². The lowest BCUT2D eigenvalue weighted by Crippen LogP contribution is -2.44. The molecule has 22 heavy (non-hydrogen) atoms. The zero-order valence-electron chi connectivity index (χ0n) is 13.6. The van der Waals surface area contributed by atoms with Crippen molar-refractivity contribution in [3.05, 3.63) is 35.4 Å². The lowest BCUT2D eigenvalue weighted by Gasteiger charge is -2.33. The first-order chi connectivity index (χ1) is 10.4. The number of nitrogens with zero attached hydrogens (tertiary/aromatic N) is 1. The van der Waals surface area contributed by atoms with E-state index in [9.17, 15) is 9.90 Å². The highest BCUT2D eigenvalue weighted by Gasteiger charge is 2.43. The molecule has 1 aromatic rings. The number of aliphatic hydroxyl groups excluding tert-OH is 1. The highest BCUT2D eigenvalue weighted by Crippen LogP contribution is 2.42. The Hall–Kier alpha value is -1.55. The van der Waals surface area contributed by atoms with Crippen LogP contribution in [0.4, 0.5) is 4.79 Å². The number of likely N-dealkylation sites (tertiary alicyclic amines) is 1. The van der Waals surface area contributed by atoms with Crippen LogP contribution in [0.3, 0.4) is 0 Å². The maximum absolute atomic E-state index is 12.4. The summed E-state index contributed by atoms with van der Waals surface area (Å²) in [6, 6.07) is 8.11. The van der Waals surface area contributed by atoms with E-state index < -0.39 is 11.7 Å². The van der Waals surface area contributed by atoms with E-state index in [4.69, 9.17) is 4.74 Å². The van der Waals surface area contributed by atoms with Gasteiger partial charge in [0.25, 0.3) is 0 Å². The number of fused-ring (bicyclic) bond motifs is 1. The van der Waals surface area contributed by atoms with Gasteiger partial charge in [-0.3, -0.25) is 0 Å². The molecule has 0 spiro atoms. The zero-order valence-corrected chi connectivity index (χ0v) is 13.6. The van der Waals surface area contributed by atoms with Gasteiger partial charge >= 0.3 is 6.09 Å². The van der Waals surface area contributed by atoms with E-state index >= 15 is 0 Å². The summed E-state index contributed by atoms with van der Waals surface area (Å²) in [6.07, 6.45) is 2.02. The van der Waals surface area contributed by atoms with Crippen LogP contribution in [0, 0.1) is 5.92 Å². The van der Waals surface area contributed by atoms with Crippen LogP contribution in [0.2, 0.25) is 0 Å². The fraction of sp³-hybridized carbons (Fsp3) is 0.611. The molecule has 3 rings (SSSR count). The molecular weight excluding hydrogens is 278 g/mol. The molecule has 1 aliphatic heterocycles. The van der Waals surface area contributed by atoms with Crippen LogP contribution in [0.25, 0.3) is 0 Å². The van der Waals surface area contributed by atoms with E-state index in [0.29, 0.717) is 0 Å². The number of aliphatic hydroxyl groups is 1. The van der Waals surface area contributed by atoms with E-state index in [1.807, 2.05) is 43.9 Å². The number of hydrogen-bond acceptors (Lipinski definition) is 3. The normalized spacial score (nSPS) is 27.8. The van der Waals surface area contributed by atoms with Crippen molar-refractivity contribution in [3.63, 3.8) is 0 Å². The van der Waals surface area contributed by atoms with Crippen molar-refractivity contribution in [3.8, 4) is 0 Å². The molecule has 2 aliphatic rings. The van der Waals surface area contributed by atoms with Gasteiger partial charge in [0.15, 0.2) is 0 Å². The van der Waals surface area contributed by atoms with Gasteiger partial charge in [-0.2, -0.15) is 0 Å². The molecule has 120 valence electrons. The molecule has 4 nitrogen and oxygen atoms in total. The molecule has 4 heteroatoms. The molecule has 0 bridgehead atoms. The second-order valence-corrected chi connectivity index (χ2v) is 7.39. The minimum absolute atomic E-state index is 0.0669. The van der Waals surface area contributed by atoms with Crippen LogP contribution in [0.5, 0.6) is 0 Å². The second kappa shape index (κ2) is 5.58. The Morgan fingerprint density at radius 2 is 2.05 bits per heavy atom. The zero-order chi connectivity index (χ0) is 15.9. The predicted molar refractivity (Wildman–Crippen MR) is 84.6 cm³/mol. The molecule has 0 radical (unpaired) electrons. The van der Waals surface area contributed by atoms with Crippen molar-refractivity contribution in [1.82, 2.24) is 4.90 Å². The van der Waals surface area contributed by atoms with Crippen LogP contribution in [0.1, 0.15) is 50.8 Å². The van der Waals surface area contributed by atoms with Gasteiger partial charge in [-0.15, -0.1) is 0 Å². The summed E-state index contributed by atoms with van der Waals surface area (Å²) < 4.78 is 5.53. The number of rotatable bonds is 1. The van der Waals surface area contributed by atoms with E-state index in [0.717, 1.165) is 31.4 Å². The third kappa shape index (κ3) is 2.84. The van der Waals surface area contributed by atoms with Crippen LogP contribution in [-0.4, -0.2) is 34.3 Å². The fourth-order valence-corrected chi connectivity index (χ4v) is 3.74. The lowest BCUT2D eigenvalue weighted by molar-refractivity contribution is 0.00700. The van der Waals surface area contributed by atoms with Crippen molar-refractivity contribution in [2.45, 2.75) is 57.8 Å². The summed E-state index contributed by atoms with van der Waals surface area (Å²) >= 11 is 0. The SMILES string of the molecule is CC(C)(C)OC(=O)N1CCCC1C1Cc2ccccc2C1O. The number of amides is 1. The van der Waals surface area contributed by atoms with E-state index in [2.05, 4.69) is 6.07 Å². The average Bonchev–Trinajstić information content (AvgIpc) is 3.02. The minimum atomic E-state index is -0.485. The van der Waals surface area contributed by atoms with Gasteiger partial charge in [0, 0.05) is 18.5 Å². The summed E-state index contributed by atoms with van der Waals surface area (Å²) in [5.41, 5.74) is 1.74. The number of carbonyl (C=O) groups excluding carboxylic acids is 1. The van der Waals surface area contributed by atoms with Gasteiger partial charge in [-0.25, -0.2) is 4.79 Å². The van der Waals surface area contributed by atoms with Crippen LogP contribution in [-0.2, 0) is 11.2 Å². The summed E-state index contributed by atoms with van der Waals surface area (Å²) in [5, 5.41) is 10.7. The van der Waals surface area contributed by atoms with Crippen LogP contribution >= 0.6 is 0 Å². The Bertz CT molecular complexity index is 564. The first kappa shape index (κ1) is 15.3. The number of hydrogen-bond donors (Lipinski definition) is 1. The average molecular weight is 303 g/mol. The fourth-order valence-electron chi connectivity index (χ4n) is 3.74. The largest absolute Gasteiger partial charge is 0.444 e. The van der Waals surface area contributed by atoms with E-state index in [1.54, 1.807) is 0 Å². The smallest absolute Gasteiger partial charge is 0.410 e. The Morgan fingerprint density at radius 1 is 1.32 bits per heavy atom. The number of benzene rings is 1. The highest BCUT2D eigenvalue weighted by molar-refractivity contribution is 5.69. The molecule has 3 unspecified atom stereocenters. The quantitative estimate of drug-likeness (QED) is 0.866. The number of ether oxygens (including phenoxy) is 1. The second-order valence-electron chi connectivity index (χ2n) is 7.39. The molecule has 1 fully saturated rings. The van der Waals surface area contributed by atoms with Crippen molar-refractivity contribution in [2.75, 3.05) is 6.54 Å². The Balaban J connectivity index is 1.76. The van der Waals surface area contributed by atoms with Gasteiger partial charge in [-0.05, 0) is 51.2 Å². The van der Waals surface area contributed by atoms with Gasteiger partial charge in [0.1, 0.15) is 5.60 Å². The maximum Gasteiger partial charge on any atom is 0.410 e. The maximum atomic E-state index is 12.4. The lowest BCUT2D eigenvalue weighted by atomic mass is 9.92. The molecule has 3 atom stereocenters. The van der Waals surface area contributed by atoms with Crippen molar-refractivity contribution >= 4 is 6.09 Å². The summed E-state index contributed by atoms with van der Waals surface area (Å²) in [6.45, 7) is 6.38. The van der Waals surface area contributed by atoms with Crippen LogP contribution in [0.15, 0.2) is 24.3 Å². The van der Waals surface area contributed by atoms with Gasteiger partial charge in [0.2, 0.25) is 0 Å². The molecule has 0 saturated carbocycles. The summed E-state index contributed by atoms with van der Waals surface area (Å²) in [4.78, 5) is 14.3. The molecule has 0 aromatic heterocycles. The Labute approximate surface area is 132 Å². The van der Waals surface area contributed by atoms with E-state index in [-0.39, 0.29) is 18.1 Å². The van der Waals surface area contributed by atoms with Crippen LogP contribution < -0.4 is 0 Å². The third-order valence-corrected chi connectivity index (χ3v) is 4.66. The molecule has 1 N–H and O–H groups in total. The molecule has 1 aromatic carbocycles. The topological polar surface area (TPSA) is 49.8 Å². The molecular formula is C18H25NO3. The first-order valence-electron chi connectivity index (χ1n) is 8.12. The molecule has 1 saturated heterocycles. The summed E-state index contributed by atoms with van der Waals surface area (Å²) in [7, 11) is 0. The van der Waals surface area contributed by atoms with Crippen molar-refractivity contribution in [2.24, 2.45) is 5.92 Å². The first-order valence-corrected chi connectivity index (χ1v) is 8.12. The minimum Gasteiger partial charge on any atom is -0.444 e. The predicted octanol–water partition coefficient (Wildman–Crippen LogP) is 3.29. The third-order valence-electron chi connectivity index (χ3n) is 4.66. The van der Waals surface area contributed by atoms with Gasteiger partial charge in [0.05, 0.1) is 6.10 Å². The highest BCUT2D eigenvalue weighted by atomic mass is 16.6. The Morgan fingerprint density at radius 3 is 2.73 bits per heavy atom.